The molecule has 0 amide bonds. The highest BCUT2D eigenvalue weighted by molar-refractivity contribution is 6.43. The van der Waals surface area contributed by atoms with E-state index in [0.717, 1.165) is 10.7 Å². The predicted molar refractivity (Wildman–Crippen MR) is 86.6 cm³/mol. The fourth-order valence-electron chi connectivity index (χ4n) is 2.78. The summed E-state index contributed by atoms with van der Waals surface area (Å²) in [7, 11) is 3.82. The minimum atomic E-state index is 1.12. The van der Waals surface area contributed by atoms with E-state index in [1.165, 1.54) is 27.4 Å². The van der Waals surface area contributed by atoms with Gasteiger partial charge in [0, 0.05) is 21.8 Å². The lowest BCUT2D eigenvalue weighted by Crippen LogP contribution is -2.08. The Morgan fingerprint density at radius 1 is 0.700 bits per heavy atom. The molecule has 1 N–H and O–H groups in total. The maximum atomic E-state index is 3.82. The maximum Gasteiger partial charge on any atom is 0.0750 e. The molecule has 1 aromatic heterocycles. The molecule has 4 aromatic rings. The molecule has 0 aliphatic heterocycles. The zero-order valence-electron chi connectivity index (χ0n) is 10.9. The minimum Gasteiger partial charge on any atom is -0.355 e. The summed E-state index contributed by atoms with van der Waals surface area (Å²) in [4.78, 5) is 3.51. The zero-order chi connectivity index (χ0) is 13.5. The molecule has 93 valence electrons. The summed E-state index contributed by atoms with van der Waals surface area (Å²) in [6.45, 7) is 0. The maximum absolute atomic E-state index is 3.82. The van der Waals surface area contributed by atoms with Crippen LogP contribution in [0.3, 0.4) is 0 Å². The lowest BCUT2D eigenvalue weighted by atomic mass is 10.0. The molecule has 3 aromatic carbocycles. The smallest absolute Gasteiger partial charge is 0.0750 e. The highest BCUT2D eigenvalue weighted by Gasteiger charge is 2.09. The molecule has 0 fully saturated rings. The molecule has 0 bridgehead atoms. The van der Waals surface area contributed by atoms with Crippen LogP contribution in [0.25, 0.3) is 32.9 Å². The molecule has 0 spiro atoms. The van der Waals surface area contributed by atoms with Crippen LogP contribution >= 0.6 is 0 Å². The first-order valence-corrected chi connectivity index (χ1v) is 7.15. The summed E-state index contributed by atoms with van der Waals surface area (Å²) >= 11 is 0. The van der Waals surface area contributed by atoms with Crippen LogP contribution in [0.15, 0.2) is 66.7 Å². The van der Waals surface area contributed by atoms with Crippen molar-refractivity contribution in [2.45, 2.75) is 0 Å². The summed E-state index contributed by atoms with van der Waals surface area (Å²) in [5.41, 5.74) is 4.76. The molecule has 2 heteroatoms. The van der Waals surface area contributed by atoms with Crippen molar-refractivity contribution in [1.82, 2.24) is 4.98 Å². The molecule has 0 unspecified atom stereocenters. The first-order valence-electron chi connectivity index (χ1n) is 6.65. The van der Waals surface area contributed by atoms with Gasteiger partial charge in [-0.1, -0.05) is 60.7 Å². The molecule has 0 aliphatic carbocycles. The number of hydrogen-bond acceptors (Lipinski definition) is 0. The van der Waals surface area contributed by atoms with E-state index >= 15 is 0 Å². The summed E-state index contributed by atoms with van der Waals surface area (Å²) in [6, 6.07) is 23.2. The van der Waals surface area contributed by atoms with Crippen molar-refractivity contribution in [3.63, 3.8) is 0 Å². The second-order valence-electron chi connectivity index (χ2n) is 4.95. The molecule has 3 radical (unpaired) electrons. The number of hydrogen-bond donors (Lipinski definition) is 1. The van der Waals surface area contributed by atoms with E-state index in [9.17, 15) is 0 Å². The van der Waals surface area contributed by atoms with Gasteiger partial charge in [0.2, 0.25) is 0 Å². The zero-order valence-corrected chi connectivity index (χ0v) is 11.9. The fraction of sp³-hybridized carbons (Fsp3) is 0. The van der Waals surface area contributed by atoms with Gasteiger partial charge in [0.15, 0.2) is 0 Å². The van der Waals surface area contributed by atoms with E-state index in [4.69, 9.17) is 0 Å². The van der Waals surface area contributed by atoms with Crippen LogP contribution < -0.4 is 5.19 Å². The lowest BCUT2D eigenvalue weighted by Gasteiger charge is -2.07. The standard InChI is InChI=1S/C18H12NSi/c20-18-13(12-6-2-1-3-7-12)10-11-15-14-8-4-5-9-16(14)19-17(15)18/h1-11,19H. The summed E-state index contributed by atoms with van der Waals surface area (Å²) < 4.78 is 0. The Bertz CT molecular complexity index is 907. The van der Waals surface area contributed by atoms with Crippen LogP contribution in [-0.4, -0.2) is 15.2 Å². The van der Waals surface area contributed by atoms with Crippen LogP contribution in [0.1, 0.15) is 0 Å². The second kappa shape index (κ2) is 4.36. The van der Waals surface area contributed by atoms with Crippen molar-refractivity contribution >= 4 is 37.2 Å². The van der Waals surface area contributed by atoms with Crippen molar-refractivity contribution in [1.29, 1.82) is 0 Å². The number of rotatable bonds is 1. The SMILES string of the molecule is [Si]c1c(-c2ccccc2)ccc2c1[nH]c1ccccc12. The number of para-hydroxylation sites is 1. The third-order valence-corrected chi connectivity index (χ3v) is 4.29. The van der Waals surface area contributed by atoms with Gasteiger partial charge >= 0.3 is 0 Å². The highest BCUT2D eigenvalue weighted by Crippen LogP contribution is 2.27. The molecular formula is C18H12NSi. The average molecular weight is 270 g/mol. The quantitative estimate of drug-likeness (QED) is 0.507. The van der Waals surface area contributed by atoms with E-state index in [1.807, 2.05) is 6.07 Å². The number of fused-ring (bicyclic) bond motifs is 3. The first kappa shape index (κ1) is 11.5. The summed E-state index contributed by atoms with van der Waals surface area (Å²) in [5.74, 6) is 0. The Labute approximate surface area is 120 Å². The van der Waals surface area contributed by atoms with Gasteiger partial charge in [-0.2, -0.15) is 0 Å². The third-order valence-electron chi connectivity index (χ3n) is 3.77. The van der Waals surface area contributed by atoms with E-state index < -0.39 is 0 Å². The Morgan fingerprint density at radius 3 is 2.30 bits per heavy atom. The number of nitrogens with one attached hydrogen (secondary N) is 1. The molecule has 1 heterocycles. The van der Waals surface area contributed by atoms with Crippen LogP contribution in [0.2, 0.25) is 0 Å². The third kappa shape index (κ3) is 1.62. The van der Waals surface area contributed by atoms with Gasteiger partial charge in [-0.15, -0.1) is 0 Å². The molecule has 20 heavy (non-hydrogen) atoms. The number of benzene rings is 3. The van der Waals surface area contributed by atoms with E-state index in [1.54, 1.807) is 0 Å². The summed E-state index contributed by atoms with van der Waals surface area (Å²) in [6.07, 6.45) is 0. The van der Waals surface area contributed by atoms with Crippen LogP contribution in [0, 0.1) is 0 Å². The Balaban J connectivity index is 2.07. The van der Waals surface area contributed by atoms with Gasteiger partial charge in [0.1, 0.15) is 0 Å². The van der Waals surface area contributed by atoms with Gasteiger partial charge in [0.05, 0.1) is 10.2 Å². The van der Waals surface area contributed by atoms with Crippen LogP contribution in [-0.2, 0) is 0 Å². The normalized spacial score (nSPS) is 11.2. The van der Waals surface area contributed by atoms with Crippen molar-refractivity contribution < 1.29 is 0 Å². The molecular weight excluding hydrogens is 258 g/mol. The monoisotopic (exact) mass is 270 g/mol. The number of H-pyrrole nitrogens is 1. The average Bonchev–Trinajstić information content (AvgIpc) is 2.88. The van der Waals surface area contributed by atoms with Crippen LogP contribution in [0.5, 0.6) is 0 Å². The van der Waals surface area contributed by atoms with Gasteiger partial charge in [0.25, 0.3) is 0 Å². The van der Waals surface area contributed by atoms with Crippen molar-refractivity contribution in [2.24, 2.45) is 0 Å². The molecule has 0 saturated heterocycles. The van der Waals surface area contributed by atoms with Crippen molar-refractivity contribution in [3.8, 4) is 11.1 Å². The molecule has 0 atom stereocenters. The first-order chi connectivity index (χ1) is 9.84. The molecule has 1 nitrogen and oxygen atoms in total. The van der Waals surface area contributed by atoms with Gasteiger partial charge in [-0.25, -0.2) is 0 Å². The van der Waals surface area contributed by atoms with E-state index in [0.29, 0.717) is 0 Å². The number of aromatic nitrogens is 1. The Kier molecular flexibility index (Phi) is 2.50. The second-order valence-corrected chi connectivity index (χ2v) is 5.45. The fourth-order valence-corrected chi connectivity index (χ4v) is 3.20. The van der Waals surface area contributed by atoms with Crippen LogP contribution in [0.4, 0.5) is 0 Å². The molecule has 0 saturated carbocycles. The molecule has 0 aliphatic rings. The number of aromatic amines is 1. The van der Waals surface area contributed by atoms with Gasteiger partial charge in [-0.05, 0) is 22.4 Å². The van der Waals surface area contributed by atoms with Gasteiger partial charge < -0.3 is 4.98 Å². The van der Waals surface area contributed by atoms with E-state index in [-0.39, 0.29) is 0 Å². The minimum absolute atomic E-state index is 1.12. The summed E-state index contributed by atoms with van der Waals surface area (Å²) in [5, 5.41) is 3.64. The van der Waals surface area contributed by atoms with E-state index in [2.05, 4.69) is 75.9 Å². The Morgan fingerprint density at radius 2 is 1.45 bits per heavy atom. The molecule has 4 rings (SSSR count). The largest absolute Gasteiger partial charge is 0.355 e. The van der Waals surface area contributed by atoms with Crippen molar-refractivity contribution in [3.05, 3.63) is 66.7 Å². The van der Waals surface area contributed by atoms with Gasteiger partial charge in [-0.3, -0.25) is 0 Å². The predicted octanol–water partition coefficient (Wildman–Crippen LogP) is 3.78. The van der Waals surface area contributed by atoms with Crippen molar-refractivity contribution in [2.75, 3.05) is 0 Å². The topological polar surface area (TPSA) is 15.8 Å². The highest BCUT2D eigenvalue weighted by atomic mass is 28.1. The lowest BCUT2D eigenvalue weighted by molar-refractivity contribution is 1.56. The Hall–Kier alpha value is -2.32.